The Morgan fingerprint density at radius 1 is 0.301 bits per heavy atom. The van der Waals surface area contributed by atoms with Gasteiger partial charge < -0.3 is 33.8 Å². The number of aliphatic hydroxyl groups is 1. The predicted octanol–water partition coefficient (Wildman–Crippen LogP) is 21.3. The van der Waals surface area contributed by atoms with Crippen LogP contribution in [0.25, 0.3) is 0 Å². The van der Waals surface area contributed by atoms with Gasteiger partial charge >= 0.3 is 39.5 Å². The number of esters is 4. The van der Waals surface area contributed by atoms with Gasteiger partial charge in [-0.05, 0) is 49.4 Å². The Morgan fingerprint density at radius 2 is 0.516 bits per heavy atom. The molecule has 0 bridgehead atoms. The highest BCUT2D eigenvalue weighted by molar-refractivity contribution is 7.47. The Hall–Kier alpha value is -1.94. The van der Waals surface area contributed by atoms with E-state index in [0.29, 0.717) is 25.7 Å². The van der Waals surface area contributed by atoms with Crippen molar-refractivity contribution in [2.24, 2.45) is 23.7 Å². The zero-order valence-electron chi connectivity index (χ0n) is 60.9. The van der Waals surface area contributed by atoms with Gasteiger partial charge in [0.1, 0.15) is 19.3 Å². The van der Waals surface area contributed by atoms with Crippen LogP contribution in [0.5, 0.6) is 0 Å². The Bertz CT molecular complexity index is 1840. The molecule has 0 aliphatic rings. The van der Waals surface area contributed by atoms with E-state index in [4.69, 9.17) is 37.0 Å². The van der Waals surface area contributed by atoms with E-state index in [2.05, 4.69) is 55.4 Å². The van der Waals surface area contributed by atoms with Crippen molar-refractivity contribution in [2.45, 2.75) is 388 Å². The summed E-state index contributed by atoms with van der Waals surface area (Å²) in [4.78, 5) is 72.7. The number of ether oxygens (including phenoxy) is 4. The van der Waals surface area contributed by atoms with E-state index in [-0.39, 0.29) is 25.7 Å². The summed E-state index contributed by atoms with van der Waals surface area (Å²) < 4.78 is 68.4. The van der Waals surface area contributed by atoms with Gasteiger partial charge in [-0.15, -0.1) is 0 Å². The van der Waals surface area contributed by atoms with E-state index >= 15 is 0 Å². The van der Waals surface area contributed by atoms with Crippen molar-refractivity contribution in [1.82, 2.24) is 0 Å². The minimum atomic E-state index is -4.96. The maximum absolute atomic E-state index is 13.0. The third-order valence-electron chi connectivity index (χ3n) is 17.8. The van der Waals surface area contributed by atoms with Crippen LogP contribution >= 0.6 is 15.6 Å². The van der Waals surface area contributed by atoms with Crippen LogP contribution in [-0.4, -0.2) is 96.7 Å². The molecule has 552 valence electrons. The molecule has 5 unspecified atom stereocenters. The third kappa shape index (κ3) is 65.8. The molecule has 0 aliphatic heterocycles. The predicted molar refractivity (Wildman–Crippen MR) is 377 cm³/mol. The maximum Gasteiger partial charge on any atom is 0.472 e. The van der Waals surface area contributed by atoms with Crippen molar-refractivity contribution in [3.05, 3.63) is 0 Å². The summed E-state index contributed by atoms with van der Waals surface area (Å²) in [5.41, 5.74) is 0. The average molecular weight is 1370 g/mol. The minimum absolute atomic E-state index is 0.105. The fourth-order valence-corrected chi connectivity index (χ4v) is 12.7. The molecule has 0 aromatic heterocycles. The Kier molecular flexibility index (Phi) is 62.2. The number of hydrogen-bond acceptors (Lipinski definition) is 15. The topological polar surface area (TPSA) is 237 Å². The zero-order chi connectivity index (χ0) is 68.9. The first kappa shape index (κ1) is 91.1. The summed E-state index contributed by atoms with van der Waals surface area (Å²) in [6.07, 6.45) is 47.2. The van der Waals surface area contributed by atoms with Crippen LogP contribution in [0.4, 0.5) is 0 Å². The lowest BCUT2D eigenvalue weighted by Crippen LogP contribution is -2.30. The summed E-state index contributed by atoms with van der Waals surface area (Å²) in [6, 6.07) is 0. The van der Waals surface area contributed by atoms with Gasteiger partial charge in [-0.3, -0.25) is 37.3 Å². The number of rotatable bonds is 71. The first-order valence-corrected chi connectivity index (χ1v) is 41.3. The van der Waals surface area contributed by atoms with E-state index in [1.807, 2.05) is 0 Å². The lowest BCUT2D eigenvalue weighted by molar-refractivity contribution is -0.161. The van der Waals surface area contributed by atoms with Gasteiger partial charge in [0.25, 0.3) is 0 Å². The molecular formula is C74H144O17P2. The molecule has 0 rings (SSSR count). The number of carbonyl (C=O) groups excluding carboxylic acids is 4. The molecule has 0 aliphatic carbocycles. The van der Waals surface area contributed by atoms with Crippen LogP contribution < -0.4 is 0 Å². The van der Waals surface area contributed by atoms with E-state index in [0.717, 1.165) is 120 Å². The number of phosphoric ester groups is 2. The first-order chi connectivity index (χ1) is 44.7. The number of phosphoric acid groups is 2. The van der Waals surface area contributed by atoms with Crippen molar-refractivity contribution in [3.8, 4) is 0 Å². The van der Waals surface area contributed by atoms with Gasteiger partial charge in [0.15, 0.2) is 12.2 Å². The van der Waals surface area contributed by atoms with Crippen LogP contribution in [0, 0.1) is 23.7 Å². The van der Waals surface area contributed by atoms with E-state index < -0.39 is 97.5 Å². The second kappa shape index (κ2) is 63.5. The molecule has 17 nitrogen and oxygen atoms in total. The normalized spacial score (nSPS) is 14.8. The molecule has 93 heavy (non-hydrogen) atoms. The summed E-state index contributed by atoms with van der Waals surface area (Å²) in [5.74, 6) is 0.938. The summed E-state index contributed by atoms with van der Waals surface area (Å²) >= 11 is 0. The smallest absolute Gasteiger partial charge is 0.462 e. The van der Waals surface area contributed by atoms with Crippen LogP contribution in [0.1, 0.15) is 370 Å². The lowest BCUT2D eigenvalue weighted by Gasteiger charge is -2.21. The molecule has 3 N–H and O–H groups in total. The quantitative estimate of drug-likeness (QED) is 0.0222. The second-order valence-electron chi connectivity index (χ2n) is 28.1. The third-order valence-corrected chi connectivity index (χ3v) is 19.7. The average Bonchev–Trinajstić information content (AvgIpc) is 1.93. The molecular weight excluding hydrogens is 1220 g/mol. The molecule has 0 saturated heterocycles. The monoisotopic (exact) mass is 1370 g/mol. The Labute approximate surface area is 568 Å². The van der Waals surface area contributed by atoms with Crippen LogP contribution in [0.3, 0.4) is 0 Å². The summed E-state index contributed by atoms with van der Waals surface area (Å²) in [7, 11) is -9.91. The molecule has 7 atom stereocenters. The highest BCUT2D eigenvalue weighted by Crippen LogP contribution is 2.45. The first-order valence-electron chi connectivity index (χ1n) is 38.3. The van der Waals surface area contributed by atoms with Crippen LogP contribution in [0.15, 0.2) is 0 Å². The fourth-order valence-electron chi connectivity index (χ4n) is 11.1. The molecule has 0 spiro atoms. The van der Waals surface area contributed by atoms with Crippen molar-refractivity contribution in [3.63, 3.8) is 0 Å². The van der Waals surface area contributed by atoms with Gasteiger partial charge in [-0.2, -0.15) is 0 Å². The molecule has 0 aromatic rings. The maximum atomic E-state index is 13.0. The summed E-state index contributed by atoms with van der Waals surface area (Å²) in [6.45, 7) is 14.2. The van der Waals surface area contributed by atoms with E-state index in [9.17, 15) is 43.2 Å². The molecule has 19 heteroatoms. The number of hydrogen-bond donors (Lipinski definition) is 3. The van der Waals surface area contributed by atoms with Crippen LogP contribution in [-0.2, 0) is 65.4 Å². The van der Waals surface area contributed by atoms with Gasteiger partial charge in [0, 0.05) is 25.7 Å². The van der Waals surface area contributed by atoms with E-state index in [1.54, 1.807) is 0 Å². The highest BCUT2D eigenvalue weighted by Gasteiger charge is 2.30. The minimum Gasteiger partial charge on any atom is -0.462 e. The Balaban J connectivity index is 5.24. The molecule has 0 saturated carbocycles. The SMILES string of the molecule is CCC(C)CCCCCCCCCCCCC(=O)O[C@H](COC(=O)CCCCCCCCCCC(C)C)COP(=O)(O)OCC(O)COP(=O)(O)OC[C@@H](COC(=O)CCCCCCCCC(C)CC)OC(=O)CCCCCCCCCCCCCCCCCC(C)C. The van der Waals surface area contributed by atoms with Gasteiger partial charge in [0.05, 0.1) is 26.4 Å². The van der Waals surface area contributed by atoms with Crippen molar-refractivity contribution in [1.29, 1.82) is 0 Å². The zero-order valence-corrected chi connectivity index (χ0v) is 62.7. The standard InChI is InChI=1S/C74H144O17P2/c1-9-66(7)52-44-36-28-21-18-19-23-31-41-49-57-74(79)90-69(60-84-71(76)54-46-38-29-25-24-27-35-43-51-65(5)6)62-88-92(80,81)86-58-68(75)59-87-93(82,83)89-63-70(61-85-72(77)55-47-39-33-32-37-45-53-67(8)10-2)91-73(78)56-48-40-30-22-17-15-13-11-12-14-16-20-26-34-42-50-64(3)4/h64-70,75H,9-63H2,1-8H3,(H,80,81)(H,82,83)/t66?,67?,68?,69-,70-/m1/s1. The van der Waals surface area contributed by atoms with Crippen molar-refractivity contribution >= 4 is 39.5 Å². The van der Waals surface area contributed by atoms with Crippen molar-refractivity contribution in [2.75, 3.05) is 39.6 Å². The molecule has 0 amide bonds. The summed E-state index contributed by atoms with van der Waals surface area (Å²) in [5, 5.41) is 10.6. The molecule has 0 fully saturated rings. The Morgan fingerprint density at radius 3 is 0.763 bits per heavy atom. The number of aliphatic hydroxyl groups excluding tert-OH is 1. The van der Waals surface area contributed by atoms with E-state index in [1.165, 1.54) is 167 Å². The van der Waals surface area contributed by atoms with Gasteiger partial charge in [-0.1, -0.05) is 319 Å². The largest absolute Gasteiger partial charge is 0.472 e. The highest BCUT2D eigenvalue weighted by atomic mass is 31.2. The fraction of sp³-hybridized carbons (Fsp3) is 0.946. The molecule has 0 radical (unpaired) electrons. The second-order valence-corrected chi connectivity index (χ2v) is 31.0. The lowest BCUT2D eigenvalue weighted by atomic mass is 9.99. The van der Waals surface area contributed by atoms with Gasteiger partial charge in [-0.25, -0.2) is 9.13 Å². The number of carbonyl (C=O) groups is 4. The number of unbranched alkanes of at least 4 members (excludes halogenated alkanes) is 35. The van der Waals surface area contributed by atoms with Crippen LogP contribution in [0.2, 0.25) is 0 Å². The molecule has 0 aromatic carbocycles. The molecule has 0 heterocycles. The van der Waals surface area contributed by atoms with Gasteiger partial charge in [0.2, 0.25) is 0 Å². The van der Waals surface area contributed by atoms with Crippen molar-refractivity contribution < 1.29 is 80.2 Å².